The molecule has 1 aromatic carbocycles. The van der Waals surface area contributed by atoms with E-state index in [1.54, 1.807) is 6.07 Å². The van der Waals surface area contributed by atoms with Crippen LogP contribution in [-0.4, -0.2) is 34.3 Å². The van der Waals surface area contributed by atoms with Gasteiger partial charge < -0.3 is 19.5 Å². The minimum Gasteiger partial charge on any atom is -0.508 e. The second-order valence-electron chi connectivity index (χ2n) is 5.28. The zero-order valence-electron chi connectivity index (χ0n) is 12.9. The Bertz CT molecular complexity index is 780. The van der Waals surface area contributed by atoms with Crippen LogP contribution < -0.4 is 5.63 Å². The summed E-state index contributed by atoms with van der Waals surface area (Å²) in [7, 11) is 0. The zero-order valence-corrected chi connectivity index (χ0v) is 12.9. The summed E-state index contributed by atoms with van der Waals surface area (Å²) < 4.78 is 5.12. The predicted octanol–water partition coefficient (Wildman–Crippen LogP) is 3.16. The molecular formula is C17H19NO5. The van der Waals surface area contributed by atoms with Crippen molar-refractivity contribution in [2.24, 2.45) is 0 Å². The molecule has 23 heavy (non-hydrogen) atoms. The summed E-state index contributed by atoms with van der Waals surface area (Å²) in [6.07, 6.45) is 1.14. The minimum atomic E-state index is -1.03. The second-order valence-corrected chi connectivity index (χ2v) is 5.28. The molecule has 0 aliphatic heterocycles. The topological polar surface area (TPSA) is 91.0 Å². The monoisotopic (exact) mass is 317 g/mol. The van der Waals surface area contributed by atoms with Crippen molar-refractivity contribution >= 4 is 17.1 Å². The Morgan fingerprint density at radius 1 is 1.43 bits per heavy atom. The number of carboxylic acid groups (broad SMARTS) is 1. The smallest absolute Gasteiger partial charge is 0.407 e. The first-order valence-electron chi connectivity index (χ1n) is 7.31. The van der Waals surface area contributed by atoms with Crippen molar-refractivity contribution in [3.05, 3.63) is 52.9 Å². The predicted molar refractivity (Wildman–Crippen MR) is 87.0 cm³/mol. The van der Waals surface area contributed by atoms with Gasteiger partial charge in [-0.15, -0.1) is 6.58 Å². The molecule has 1 unspecified atom stereocenters. The summed E-state index contributed by atoms with van der Waals surface area (Å²) in [5.74, 6) is -0.160. The lowest BCUT2D eigenvalue weighted by Crippen LogP contribution is -2.33. The molecule has 0 fully saturated rings. The SMILES string of the molecule is C=CCN(CC(CC)c1cc(=O)oc2cc(O)ccc12)C(=O)O. The van der Waals surface area contributed by atoms with E-state index in [1.165, 1.54) is 29.2 Å². The molecule has 0 aliphatic carbocycles. The molecule has 2 N–H and O–H groups in total. The molecule has 1 aromatic heterocycles. The van der Waals surface area contributed by atoms with Gasteiger partial charge in [0.25, 0.3) is 0 Å². The minimum absolute atomic E-state index is 0.00432. The highest BCUT2D eigenvalue weighted by Crippen LogP contribution is 2.29. The van der Waals surface area contributed by atoms with Crippen molar-refractivity contribution < 1.29 is 19.4 Å². The van der Waals surface area contributed by atoms with Crippen LogP contribution >= 0.6 is 0 Å². The molecule has 0 spiro atoms. The van der Waals surface area contributed by atoms with E-state index in [9.17, 15) is 19.8 Å². The third-order valence-electron chi connectivity index (χ3n) is 3.75. The molecule has 6 heteroatoms. The van der Waals surface area contributed by atoms with Crippen molar-refractivity contribution in [1.29, 1.82) is 0 Å². The van der Waals surface area contributed by atoms with Crippen molar-refractivity contribution in [3.8, 4) is 5.75 Å². The van der Waals surface area contributed by atoms with Gasteiger partial charge in [0.15, 0.2) is 0 Å². The zero-order chi connectivity index (χ0) is 17.0. The summed E-state index contributed by atoms with van der Waals surface area (Å²) in [5.41, 5.74) is 0.479. The molecule has 0 bridgehead atoms. The maximum Gasteiger partial charge on any atom is 0.407 e. The van der Waals surface area contributed by atoms with Gasteiger partial charge in [-0.3, -0.25) is 0 Å². The number of phenols is 1. The highest BCUT2D eigenvalue weighted by Gasteiger charge is 2.20. The van der Waals surface area contributed by atoms with E-state index < -0.39 is 11.7 Å². The fraction of sp³-hybridized carbons (Fsp3) is 0.294. The number of fused-ring (bicyclic) bond motifs is 1. The van der Waals surface area contributed by atoms with Gasteiger partial charge in [0.2, 0.25) is 0 Å². The number of amides is 1. The van der Waals surface area contributed by atoms with Gasteiger partial charge in [0.05, 0.1) is 0 Å². The first kappa shape index (κ1) is 16.6. The number of phenolic OH excluding ortho intramolecular Hbond substituents is 1. The molecule has 1 atom stereocenters. The maximum atomic E-state index is 11.8. The number of hydrogen-bond acceptors (Lipinski definition) is 4. The van der Waals surface area contributed by atoms with Gasteiger partial charge >= 0.3 is 11.7 Å². The van der Waals surface area contributed by atoms with Gasteiger partial charge in [-0.05, 0) is 24.1 Å². The normalized spacial score (nSPS) is 12.0. The molecule has 2 aromatic rings. The van der Waals surface area contributed by atoms with Gasteiger partial charge in [-0.25, -0.2) is 9.59 Å². The lowest BCUT2D eigenvalue weighted by molar-refractivity contribution is 0.147. The standard InChI is InChI=1S/C17H19NO5/c1-3-7-18(17(21)22)10-11(4-2)14-9-16(20)23-15-8-12(19)5-6-13(14)15/h3,5-6,8-9,11,19H,1,4,7,10H2,2H3,(H,21,22). The lowest BCUT2D eigenvalue weighted by Gasteiger charge is -2.24. The fourth-order valence-corrected chi connectivity index (χ4v) is 2.61. The van der Waals surface area contributed by atoms with Gasteiger partial charge in [0, 0.05) is 36.5 Å². The number of aromatic hydroxyl groups is 1. The summed E-state index contributed by atoms with van der Waals surface area (Å²) in [6, 6.07) is 5.95. The molecule has 2 rings (SSSR count). The van der Waals surface area contributed by atoms with Crippen LogP contribution in [0.25, 0.3) is 11.0 Å². The van der Waals surface area contributed by atoms with E-state index in [0.29, 0.717) is 17.4 Å². The van der Waals surface area contributed by atoms with Crippen molar-refractivity contribution in [1.82, 2.24) is 4.90 Å². The van der Waals surface area contributed by atoms with Gasteiger partial charge in [0.1, 0.15) is 11.3 Å². The molecule has 0 saturated carbocycles. The molecular weight excluding hydrogens is 298 g/mol. The average molecular weight is 317 g/mol. The first-order valence-corrected chi connectivity index (χ1v) is 7.31. The Kier molecular flexibility index (Phi) is 5.05. The molecule has 0 saturated heterocycles. The van der Waals surface area contributed by atoms with E-state index in [2.05, 4.69) is 6.58 Å². The maximum absolute atomic E-state index is 11.8. The summed E-state index contributed by atoms with van der Waals surface area (Å²) in [4.78, 5) is 24.4. The van der Waals surface area contributed by atoms with Gasteiger partial charge in [-0.1, -0.05) is 13.0 Å². The van der Waals surface area contributed by atoms with Crippen molar-refractivity contribution in [3.63, 3.8) is 0 Å². The number of nitrogens with zero attached hydrogens (tertiary/aromatic N) is 1. The van der Waals surface area contributed by atoms with E-state index in [1.807, 2.05) is 6.92 Å². The van der Waals surface area contributed by atoms with Crippen LogP contribution in [0.4, 0.5) is 4.79 Å². The largest absolute Gasteiger partial charge is 0.508 e. The molecule has 6 nitrogen and oxygen atoms in total. The van der Waals surface area contributed by atoms with Crippen LogP contribution in [0.2, 0.25) is 0 Å². The highest BCUT2D eigenvalue weighted by molar-refractivity contribution is 5.82. The first-order chi connectivity index (χ1) is 11.0. The molecule has 0 radical (unpaired) electrons. The highest BCUT2D eigenvalue weighted by atomic mass is 16.4. The van der Waals surface area contributed by atoms with Crippen LogP contribution in [0, 0.1) is 0 Å². The van der Waals surface area contributed by atoms with Gasteiger partial charge in [-0.2, -0.15) is 0 Å². The Morgan fingerprint density at radius 2 is 2.17 bits per heavy atom. The van der Waals surface area contributed by atoms with E-state index in [-0.39, 0.29) is 30.3 Å². The number of carbonyl (C=O) groups is 1. The van der Waals surface area contributed by atoms with Crippen LogP contribution in [-0.2, 0) is 0 Å². The Labute approximate surface area is 133 Å². The van der Waals surface area contributed by atoms with Crippen LogP contribution in [0.15, 0.2) is 46.1 Å². The van der Waals surface area contributed by atoms with E-state index in [4.69, 9.17) is 4.42 Å². The molecule has 1 amide bonds. The van der Waals surface area contributed by atoms with Crippen LogP contribution in [0.3, 0.4) is 0 Å². The Balaban J connectivity index is 2.48. The summed E-state index contributed by atoms with van der Waals surface area (Å²) in [5, 5.41) is 19.5. The third-order valence-corrected chi connectivity index (χ3v) is 3.75. The fourth-order valence-electron chi connectivity index (χ4n) is 2.61. The number of benzene rings is 1. The average Bonchev–Trinajstić information content (AvgIpc) is 2.50. The Hall–Kier alpha value is -2.76. The van der Waals surface area contributed by atoms with Crippen LogP contribution in [0.5, 0.6) is 5.75 Å². The molecule has 122 valence electrons. The second kappa shape index (κ2) is 7.00. The summed E-state index contributed by atoms with van der Waals surface area (Å²) >= 11 is 0. The van der Waals surface area contributed by atoms with E-state index in [0.717, 1.165) is 0 Å². The third kappa shape index (κ3) is 3.71. The van der Waals surface area contributed by atoms with Crippen molar-refractivity contribution in [2.45, 2.75) is 19.3 Å². The summed E-state index contributed by atoms with van der Waals surface area (Å²) in [6.45, 7) is 5.96. The molecule has 1 heterocycles. The lowest BCUT2D eigenvalue weighted by atomic mass is 9.93. The number of hydrogen-bond donors (Lipinski definition) is 2. The Morgan fingerprint density at radius 3 is 2.78 bits per heavy atom. The van der Waals surface area contributed by atoms with Crippen molar-refractivity contribution in [2.75, 3.05) is 13.1 Å². The van der Waals surface area contributed by atoms with Crippen LogP contribution in [0.1, 0.15) is 24.8 Å². The number of rotatable bonds is 6. The molecule has 0 aliphatic rings. The quantitative estimate of drug-likeness (QED) is 0.631. The van der Waals surface area contributed by atoms with E-state index >= 15 is 0 Å².